The van der Waals surface area contributed by atoms with Gasteiger partial charge >= 0.3 is 6.09 Å². The quantitative estimate of drug-likeness (QED) is 0.662. The van der Waals surface area contributed by atoms with Crippen LogP contribution in [-0.2, 0) is 0 Å². The molecule has 92 valence electrons. The number of amides is 1. The van der Waals surface area contributed by atoms with Gasteiger partial charge in [0.1, 0.15) is 0 Å². The zero-order valence-electron chi connectivity index (χ0n) is 10.4. The number of piperidine rings is 1. The van der Waals surface area contributed by atoms with Gasteiger partial charge in [0.2, 0.25) is 0 Å². The predicted octanol–water partition coefficient (Wildman–Crippen LogP) is 1.76. The molecule has 0 bridgehead atoms. The maximum Gasteiger partial charge on any atom is 0.407 e. The van der Waals surface area contributed by atoms with Crippen molar-refractivity contribution >= 4 is 6.09 Å². The highest BCUT2D eigenvalue weighted by Gasteiger charge is 2.58. The van der Waals surface area contributed by atoms with Crippen LogP contribution in [0.1, 0.15) is 33.6 Å². The third kappa shape index (κ3) is 1.69. The van der Waals surface area contributed by atoms with Crippen molar-refractivity contribution in [1.29, 1.82) is 0 Å². The molecule has 0 saturated carbocycles. The van der Waals surface area contributed by atoms with Crippen molar-refractivity contribution in [3.05, 3.63) is 0 Å². The van der Waals surface area contributed by atoms with Gasteiger partial charge < -0.3 is 15.3 Å². The van der Waals surface area contributed by atoms with Gasteiger partial charge in [0, 0.05) is 18.0 Å². The van der Waals surface area contributed by atoms with Crippen LogP contribution in [-0.4, -0.2) is 41.8 Å². The fraction of sp³-hybridized carbons (Fsp3) is 0.917. The van der Waals surface area contributed by atoms with Crippen LogP contribution in [0.4, 0.5) is 4.79 Å². The highest BCUT2D eigenvalue weighted by Crippen LogP contribution is 2.51. The Morgan fingerprint density at radius 2 is 1.94 bits per heavy atom. The summed E-state index contributed by atoms with van der Waals surface area (Å²) in [4.78, 5) is 12.8. The average molecular weight is 226 g/mol. The molecule has 2 rings (SSSR count). The first-order valence-corrected chi connectivity index (χ1v) is 6.07. The second-order valence-electron chi connectivity index (χ2n) is 6.29. The Balaban J connectivity index is 2.20. The summed E-state index contributed by atoms with van der Waals surface area (Å²) in [5, 5.41) is 12.5. The summed E-state index contributed by atoms with van der Waals surface area (Å²) in [5.74, 6) is 0. The van der Waals surface area contributed by atoms with Gasteiger partial charge in [-0.15, -0.1) is 0 Å². The summed E-state index contributed by atoms with van der Waals surface area (Å²) in [6, 6.07) is 0.180. The highest BCUT2D eigenvalue weighted by molar-refractivity contribution is 5.67. The molecule has 2 heterocycles. The molecule has 4 heteroatoms. The molecule has 0 radical (unpaired) electrons. The van der Waals surface area contributed by atoms with Crippen molar-refractivity contribution in [2.24, 2.45) is 10.8 Å². The molecular formula is C12H22N2O2. The van der Waals surface area contributed by atoms with Crippen molar-refractivity contribution in [3.8, 4) is 0 Å². The summed E-state index contributed by atoms with van der Waals surface area (Å²) >= 11 is 0. The number of nitrogens with one attached hydrogen (secondary N) is 1. The Labute approximate surface area is 97.0 Å². The standard InChI is InChI=1S/C12H22N2O2/c1-11(2,3)9-12(4-6-13-7-5-12)8-14(9)10(15)16/h9,13H,4-8H2,1-3H3,(H,15,16). The lowest BCUT2D eigenvalue weighted by atomic mass is 9.58. The number of hydrogen-bond donors (Lipinski definition) is 2. The second kappa shape index (κ2) is 3.62. The van der Waals surface area contributed by atoms with Crippen LogP contribution in [0.15, 0.2) is 0 Å². The second-order valence-corrected chi connectivity index (χ2v) is 6.29. The Morgan fingerprint density at radius 3 is 2.38 bits per heavy atom. The van der Waals surface area contributed by atoms with Crippen molar-refractivity contribution in [1.82, 2.24) is 10.2 Å². The molecule has 0 aromatic carbocycles. The lowest BCUT2D eigenvalue weighted by molar-refractivity contribution is -0.121. The Hall–Kier alpha value is -0.770. The monoisotopic (exact) mass is 226 g/mol. The highest BCUT2D eigenvalue weighted by atomic mass is 16.4. The molecule has 0 aliphatic carbocycles. The SMILES string of the molecule is CC(C)(C)C1N(C(=O)O)CC12CCNCC2. The molecule has 0 aromatic heterocycles. The van der Waals surface area contributed by atoms with Crippen LogP contribution < -0.4 is 5.32 Å². The first-order valence-electron chi connectivity index (χ1n) is 6.07. The zero-order valence-corrected chi connectivity index (χ0v) is 10.4. The summed E-state index contributed by atoms with van der Waals surface area (Å²) in [6.45, 7) is 9.23. The first kappa shape index (κ1) is 11.7. The van der Waals surface area contributed by atoms with Crippen LogP contribution in [0.25, 0.3) is 0 Å². The Bertz CT molecular complexity index is 290. The van der Waals surface area contributed by atoms with Gasteiger partial charge in [-0.1, -0.05) is 20.8 Å². The average Bonchev–Trinajstić information content (AvgIpc) is 2.13. The maximum atomic E-state index is 11.2. The maximum absolute atomic E-state index is 11.2. The molecule has 2 N–H and O–H groups in total. The minimum Gasteiger partial charge on any atom is -0.465 e. The minimum absolute atomic E-state index is 0.0357. The van der Waals surface area contributed by atoms with Crippen LogP contribution in [0.3, 0.4) is 0 Å². The predicted molar refractivity (Wildman–Crippen MR) is 62.5 cm³/mol. The van der Waals surface area contributed by atoms with E-state index in [1.165, 1.54) is 0 Å². The van der Waals surface area contributed by atoms with E-state index >= 15 is 0 Å². The van der Waals surface area contributed by atoms with Crippen molar-refractivity contribution < 1.29 is 9.90 Å². The van der Waals surface area contributed by atoms with Gasteiger partial charge in [0.15, 0.2) is 0 Å². The largest absolute Gasteiger partial charge is 0.465 e. The number of carboxylic acid groups (broad SMARTS) is 1. The van der Waals surface area contributed by atoms with E-state index in [9.17, 15) is 9.90 Å². The third-order valence-corrected chi connectivity index (χ3v) is 4.04. The van der Waals surface area contributed by atoms with Crippen LogP contribution in [0.2, 0.25) is 0 Å². The molecule has 2 saturated heterocycles. The molecule has 4 nitrogen and oxygen atoms in total. The molecule has 0 aromatic rings. The van der Waals surface area contributed by atoms with E-state index in [0.717, 1.165) is 32.5 Å². The lowest BCUT2D eigenvalue weighted by Gasteiger charge is -2.62. The van der Waals surface area contributed by atoms with Gasteiger partial charge in [0.25, 0.3) is 0 Å². The van der Waals surface area contributed by atoms with Crippen LogP contribution >= 0.6 is 0 Å². The summed E-state index contributed by atoms with van der Waals surface area (Å²) in [6.07, 6.45) is 1.46. The summed E-state index contributed by atoms with van der Waals surface area (Å²) in [7, 11) is 0. The molecule has 1 unspecified atom stereocenters. The molecule has 1 atom stereocenters. The zero-order chi connectivity index (χ0) is 12.0. The molecule has 2 aliphatic rings. The molecular weight excluding hydrogens is 204 g/mol. The van der Waals surface area contributed by atoms with Gasteiger partial charge in [-0.2, -0.15) is 0 Å². The fourth-order valence-corrected chi connectivity index (χ4v) is 3.66. The van der Waals surface area contributed by atoms with E-state index in [0.29, 0.717) is 0 Å². The van der Waals surface area contributed by atoms with Gasteiger partial charge in [-0.25, -0.2) is 4.79 Å². The van der Waals surface area contributed by atoms with E-state index in [4.69, 9.17) is 0 Å². The number of rotatable bonds is 0. The van der Waals surface area contributed by atoms with Crippen LogP contribution in [0, 0.1) is 10.8 Å². The fourth-order valence-electron chi connectivity index (χ4n) is 3.66. The number of nitrogens with zero attached hydrogens (tertiary/aromatic N) is 1. The molecule has 2 aliphatic heterocycles. The van der Waals surface area contributed by atoms with Crippen LogP contribution in [0.5, 0.6) is 0 Å². The van der Waals surface area contributed by atoms with Crippen molar-refractivity contribution in [3.63, 3.8) is 0 Å². The topological polar surface area (TPSA) is 52.6 Å². The molecule has 2 fully saturated rings. The smallest absolute Gasteiger partial charge is 0.407 e. The molecule has 1 amide bonds. The third-order valence-electron chi connectivity index (χ3n) is 4.04. The van der Waals surface area contributed by atoms with Gasteiger partial charge in [-0.05, 0) is 31.3 Å². The summed E-state index contributed by atoms with van der Waals surface area (Å²) in [5.41, 5.74) is 0.274. The van der Waals surface area contributed by atoms with E-state index < -0.39 is 6.09 Å². The van der Waals surface area contributed by atoms with Gasteiger partial charge in [-0.3, -0.25) is 0 Å². The molecule has 1 spiro atoms. The summed E-state index contributed by atoms with van der Waals surface area (Å²) < 4.78 is 0. The lowest BCUT2D eigenvalue weighted by Crippen LogP contribution is -2.72. The van der Waals surface area contributed by atoms with E-state index in [2.05, 4.69) is 26.1 Å². The normalized spacial score (nSPS) is 28.9. The van der Waals surface area contributed by atoms with E-state index in [-0.39, 0.29) is 16.9 Å². The van der Waals surface area contributed by atoms with Crippen molar-refractivity contribution in [2.75, 3.05) is 19.6 Å². The number of likely N-dealkylation sites (tertiary alicyclic amines) is 1. The number of hydrogen-bond acceptors (Lipinski definition) is 2. The van der Waals surface area contributed by atoms with Gasteiger partial charge in [0.05, 0.1) is 0 Å². The van der Waals surface area contributed by atoms with E-state index in [1.807, 2.05) is 0 Å². The number of carbonyl (C=O) groups is 1. The Morgan fingerprint density at radius 1 is 1.38 bits per heavy atom. The minimum atomic E-state index is -0.760. The Kier molecular flexibility index (Phi) is 2.65. The first-order chi connectivity index (χ1) is 7.37. The van der Waals surface area contributed by atoms with E-state index in [1.54, 1.807) is 4.90 Å². The molecule has 16 heavy (non-hydrogen) atoms. The van der Waals surface area contributed by atoms with Crippen molar-refractivity contribution in [2.45, 2.75) is 39.7 Å².